The maximum Gasteiger partial charge on any atom is 0.235 e. The van der Waals surface area contributed by atoms with E-state index in [0.717, 1.165) is 44.2 Å². The lowest BCUT2D eigenvalue weighted by Crippen LogP contribution is -2.37. The van der Waals surface area contributed by atoms with Crippen LogP contribution in [0.3, 0.4) is 0 Å². The van der Waals surface area contributed by atoms with Gasteiger partial charge in [-0.05, 0) is 55.7 Å². The summed E-state index contributed by atoms with van der Waals surface area (Å²) < 4.78 is 0. The van der Waals surface area contributed by atoms with Crippen molar-refractivity contribution in [2.24, 2.45) is 0 Å². The lowest BCUT2D eigenvalue weighted by Gasteiger charge is -2.33. The van der Waals surface area contributed by atoms with Crippen LogP contribution < -0.4 is 5.32 Å². The number of aliphatic hydroxyl groups is 1. The number of nitrogens with one attached hydrogen (secondary N) is 1. The van der Waals surface area contributed by atoms with Crippen molar-refractivity contribution in [2.45, 2.75) is 43.9 Å². The summed E-state index contributed by atoms with van der Waals surface area (Å²) in [5.41, 5.74) is 3.29. The Hall–Kier alpha value is -1.35. The molecule has 0 aromatic heterocycles. The summed E-state index contributed by atoms with van der Waals surface area (Å²) in [6, 6.07) is 6.19. The van der Waals surface area contributed by atoms with Gasteiger partial charge >= 0.3 is 0 Å². The van der Waals surface area contributed by atoms with Gasteiger partial charge in [-0.1, -0.05) is 12.1 Å². The number of carbonyl (C=O) groups is 1. The van der Waals surface area contributed by atoms with Gasteiger partial charge in [-0.2, -0.15) is 0 Å². The monoisotopic (exact) mass is 245 g/mol. The van der Waals surface area contributed by atoms with Gasteiger partial charge in [-0.3, -0.25) is 4.79 Å². The fraction of sp³-hybridized carbons (Fsp3) is 0.533. The van der Waals surface area contributed by atoms with Gasteiger partial charge in [0.05, 0.1) is 5.41 Å². The quantitative estimate of drug-likeness (QED) is 0.800. The minimum absolute atomic E-state index is 0.169. The minimum atomic E-state index is -0.306. The Morgan fingerprint density at radius 2 is 2.22 bits per heavy atom. The van der Waals surface area contributed by atoms with Crippen LogP contribution in [-0.2, 0) is 16.6 Å². The Labute approximate surface area is 107 Å². The molecule has 0 saturated heterocycles. The van der Waals surface area contributed by atoms with Gasteiger partial charge in [0, 0.05) is 12.3 Å². The molecule has 1 heterocycles. The van der Waals surface area contributed by atoms with Crippen LogP contribution in [0, 0.1) is 0 Å². The number of hydrogen-bond donors (Lipinski definition) is 2. The molecule has 0 saturated carbocycles. The zero-order valence-electron chi connectivity index (χ0n) is 10.5. The molecule has 2 N–H and O–H groups in total. The number of rotatable bonds is 4. The molecular weight excluding hydrogens is 226 g/mol. The molecule has 1 aromatic carbocycles. The largest absolute Gasteiger partial charge is 0.396 e. The average Bonchev–Trinajstić information content (AvgIpc) is 2.66. The Bertz CT molecular complexity index is 483. The predicted molar refractivity (Wildman–Crippen MR) is 70.6 cm³/mol. The first-order valence-electron chi connectivity index (χ1n) is 6.83. The summed E-state index contributed by atoms with van der Waals surface area (Å²) in [5.74, 6) is 0.169. The number of aryl methyl sites for hydroxylation is 1. The smallest absolute Gasteiger partial charge is 0.235 e. The lowest BCUT2D eigenvalue weighted by molar-refractivity contribution is -0.121. The third-order valence-electron chi connectivity index (χ3n) is 4.37. The fourth-order valence-corrected chi connectivity index (χ4v) is 3.55. The van der Waals surface area contributed by atoms with Crippen molar-refractivity contribution in [1.82, 2.24) is 0 Å². The van der Waals surface area contributed by atoms with Gasteiger partial charge in [0.25, 0.3) is 0 Å². The highest BCUT2D eigenvalue weighted by molar-refractivity contribution is 6.07. The second-order valence-electron chi connectivity index (χ2n) is 5.41. The van der Waals surface area contributed by atoms with E-state index in [9.17, 15) is 4.79 Å². The lowest BCUT2D eigenvalue weighted by atomic mass is 9.68. The molecule has 1 aliphatic carbocycles. The van der Waals surface area contributed by atoms with Crippen molar-refractivity contribution in [3.05, 3.63) is 29.3 Å². The second-order valence-corrected chi connectivity index (χ2v) is 5.41. The van der Waals surface area contributed by atoms with E-state index in [1.54, 1.807) is 0 Å². The van der Waals surface area contributed by atoms with Crippen molar-refractivity contribution in [3.63, 3.8) is 0 Å². The van der Waals surface area contributed by atoms with Crippen molar-refractivity contribution >= 4 is 11.6 Å². The van der Waals surface area contributed by atoms with Crippen LogP contribution in [0.2, 0.25) is 0 Å². The van der Waals surface area contributed by atoms with Crippen molar-refractivity contribution in [2.75, 3.05) is 11.9 Å². The summed E-state index contributed by atoms with van der Waals surface area (Å²) in [5, 5.41) is 12.0. The molecule has 18 heavy (non-hydrogen) atoms. The minimum Gasteiger partial charge on any atom is -0.396 e. The van der Waals surface area contributed by atoms with E-state index >= 15 is 0 Å². The molecule has 1 aromatic rings. The maximum atomic E-state index is 12.4. The first-order chi connectivity index (χ1) is 8.78. The molecule has 0 fully saturated rings. The number of carbonyl (C=O) groups excluding carboxylic acids is 1. The summed E-state index contributed by atoms with van der Waals surface area (Å²) >= 11 is 0. The van der Waals surface area contributed by atoms with Crippen molar-refractivity contribution in [1.29, 1.82) is 0 Å². The third kappa shape index (κ3) is 1.57. The molecule has 0 radical (unpaired) electrons. The van der Waals surface area contributed by atoms with Gasteiger partial charge in [-0.25, -0.2) is 0 Å². The van der Waals surface area contributed by atoms with Crippen LogP contribution in [0.5, 0.6) is 0 Å². The molecule has 96 valence electrons. The molecule has 0 spiro atoms. The predicted octanol–water partition coefficient (Wildman–Crippen LogP) is 2.38. The molecule has 0 bridgehead atoms. The van der Waals surface area contributed by atoms with E-state index in [-0.39, 0.29) is 17.9 Å². The van der Waals surface area contributed by atoms with Gasteiger partial charge in [-0.15, -0.1) is 0 Å². The molecule has 3 heteroatoms. The number of amides is 1. The molecule has 0 unspecified atom stereocenters. The molecule has 1 aliphatic heterocycles. The van der Waals surface area contributed by atoms with E-state index in [4.69, 9.17) is 5.11 Å². The number of hydrogen-bond acceptors (Lipinski definition) is 2. The highest BCUT2D eigenvalue weighted by Crippen LogP contribution is 2.49. The van der Waals surface area contributed by atoms with Crippen molar-refractivity contribution in [3.8, 4) is 0 Å². The standard InChI is InChI=1S/C15H19NO2/c17-10-2-1-8-15-9-4-6-11-5-3-7-12(13(11)15)16-14(15)18/h3,5,7,17H,1-2,4,6,8-10H2,(H,16,18)/t15-/m1/s1. The average molecular weight is 245 g/mol. The maximum absolute atomic E-state index is 12.4. The highest BCUT2D eigenvalue weighted by Gasteiger charge is 2.48. The summed E-state index contributed by atoms with van der Waals surface area (Å²) in [7, 11) is 0. The zero-order chi connectivity index (χ0) is 12.6. The van der Waals surface area contributed by atoms with Crippen LogP contribution in [0.15, 0.2) is 18.2 Å². The second kappa shape index (κ2) is 4.39. The van der Waals surface area contributed by atoms with Crippen LogP contribution in [0.1, 0.15) is 43.2 Å². The number of anilines is 1. The Morgan fingerprint density at radius 1 is 1.33 bits per heavy atom. The van der Waals surface area contributed by atoms with Crippen LogP contribution in [0.25, 0.3) is 0 Å². The molecule has 3 rings (SSSR count). The van der Waals surface area contributed by atoms with Gasteiger partial charge in [0.1, 0.15) is 0 Å². The number of aliphatic hydroxyl groups excluding tert-OH is 1. The Kier molecular flexibility index (Phi) is 2.86. The molecule has 1 amide bonds. The summed E-state index contributed by atoms with van der Waals surface area (Å²) in [6.07, 6.45) is 5.69. The highest BCUT2D eigenvalue weighted by atomic mass is 16.2. The fourth-order valence-electron chi connectivity index (χ4n) is 3.55. The van der Waals surface area contributed by atoms with E-state index in [2.05, 4.69) is 11.4 Å². The normalized spacial score (nSPS) is 24.8. The van der Waals surface area contributed by atoms with Crippen molar-refractivity contribution < 1.29 is 9.90 Å². The van der Waals surface area contributed by atoms with E-state index in [1.165, 1.54) is 11.1 Å². The summed E-state index contributed by atoms with van der Waals surface area (Å²) in [6.45, 7) is 0.214. The molecular formula is C15H19NO2. The van der Waals surface area contributed by atoms with E-state index in [0.29, 0.717) is 0 Å². The summed E-state index contributed by atoms with van der Waals surface area (Å²) in [4.78, 5) is 12.4. The van der Waals surface area contributed by atoms with Gasteiger partial charge in [0.2, 0.25) is 5.91 Å². The van der Waals surface area contributed by atoms with Crippen LogP contribution in [0.4, 0.5) is 5.69 Å². The van der Waals surface area contributed by atoms with Crippen LogP contribution >= 0.6 is 0 Å². The number of unbranched alkanes of at least 4 members (excludes halogenated alkanes) is 1. The molecule has 1 atom stereocenters. The Morgan fingerprint density at radius 3 is 3.06 bits per heavy atom. The van der Waals surface area contributed by atoms with E-state index in [1.807, 2.05) is 12.1 Å². The first kappa shape index (κ1) is 11.7. The Balaban J connectivity index is 2.00. The molecule has 3 nitrogen and oxygen atoms in total. The third-order valence-corrected chi connectivity index (χ3v) is 4.37. The topological polar surface area (TPSA) is 49.3 Å². The van der Waals surface area contributed by atoms with Gasteiger partial charge < -0.3 is 10.4 Å². The SMILES string of the molecule is O=C1Nc2cccc3c2[C@@]1(CCCCO)CCC3. The zero-order valence-corrected chi connectivity index (χ0v) is 10.5. The van der Waals surface area contributed by atoms with E-state index < -0.39 is 0 Å². The van der Waals surface area contributed by atoms with Crippen LogP contribution in [-0.4, -0.2) is 17.6 Å². The van der Waals surface area contributed by atoms with Gasteiger partial charge in [0.15, 0.2) is 0 Å². The molecule has 2 aliphatic rings. The first-order valence-corrected chi connectivity index (χ1v) is 6.83. The number of benzene rings is 1.